The number of aryl methyl sites for hydroxylation is 2. The molecule has 108 valence electrons. The second-order valence-electron chi connectivity index (χ2n) is 4.91. The van der Waals surface area contributed by atoms with E-state index in [2.05, 4.69) is 18.1 Å². The van der Waals surface area contributed by atoms with Crippen molar-refractivity contribution in [2.75, 3.05) is 6.61 Å². The van der Waals surface area contributed by atoms with Crippen LogP contribution in [0.5, 0.6) is 5.75 Å². The van der Waals surface area contributed by atoms with Gasteiger partial charge in [0.15, 0.2) is 0 Å². The number of aliphatic hydroxyl groups excluding tert-OH is 1. The Morgan fingerprint density at radius 1 is 1.30 bits per heavy atom. The molecule has 0 bridgehead atoms. The largest absolute Gasteiger partial charge is 0.493 e. The fraction of sp³-hybridized carbons (Fsp3) is 0.438. The van der Waals surface area contributed by atoms with Crippen molar-refractivity contribution in [1.29, 1.82) is 0 Å². The quantitative estimate of drug-likeness (QED) is 0.843. The molecule has 0 aliphatic carbocycles. The van der Waals surface area contributed by atoms with Gasteiger partial charge in [-0.25, -0.2) is 0 Å². The molecule has 2 rings (SSSR count). The summed E-state index contributed by atoms with van der Waals surface area (Å²) in [4.78, 5) is 0. The molecule has 0 amide bonds. The standard InChI is InChI=1S/C16H22N2O2/c1-3-13-11-14(18(2)17-13)12-15(19)9-10-20-16-7-5-4-6-8-16/h4-8,11,15,19H,3,9-10,12H2,1-2H3. The molecule has 4 nitrogen and oxygen atoms in total. The highest BCUT2D eigenvalue weighted by Crippen LogP contribution is 2.11. The molecule has 2 aromatic rings. The average molecular weight is 274 g/mol. The van der Waals surface area contributed by atoms with Gasteiger partial charge in [0.2, 0.25) is 0 Å². The van der Waals surface area contributed by atoms with E-state index in [1.165, 1.54) is 0 Å². The SMILES string of the molecule is CCc1cc(CC(O)CCOc2ccccc2)n(C)n1. The number of nitrogens with zero attached hydrogens (tertiary/aromatic N) is 2. The van der Waals surface area contributed by atoms with E-state index in [1.54, 1.807) is 0 Å². The van der Waals surface area contributed by atoms with E-state index in [9.17, 15) is 5.11 Å². The van der Waals surface area contributed by atoms with Gasteiger partial charge in [-0.15, -0.1) is 0 Å². The zero-order valence-corrected chi connectivity index (χ0v) is 12.1. The van der Waals surface area contributed by atoms with E-state index >= 15 is 0 Å². The van der Waals surface area contributed by atoms with Gasteiger partial charge in [-0.1, -0.05) is 25.1 Å². The molecular formula is C16H22N2O2. The summed E-state index contributed by atoms with van der Waals surface area (Å²) in [6.07, 6.45) is 1.74. The van der Waals surface area contributed by atoms with Crippen LogP contribution in [-0.2, 0) is 19.9 Å². The Kier molecular flexibility index (Phi) is 5.18. The van der Waals surface area contributed by atoms with E-state index < -0.39 is 6.10 Å². The van der Waals surface area contributed by atoms with Crippen LogP contribution in [-0.4, -0.2) is 27.6 Å². The molecule has 1 aromatic heterocycles. The molecule has 0 saturated carbocycles. The third kappa shape index (κ3) is 4.10. The van der Waals surface area contributed by atoms with Crippen molar-refractivity contribution < 1.29 is 9.84 Å². The van der Waals surface area contributed by atoms with Crippen LogP contribution in [0.2, 0.25) is 0 Å². The Balaban J connectivity index is 1.77. The van der Waals surface area contributed by atoms with Crippen molar-refractivity contribution in [3.63, 3.8) is 0 Å². The fourth-order valence-electron chi connectivity index (χ4n) is 2.11. The smallest absolute Gasteiger partial charge is 0.119 e. The summed E-state index contributed by atoms with van der Waals surface area (Å²) in [5, 5.41) is 14.5. The number of aromatic nitrogens is 2. The summed E-state index contributed by atoms with van der Waals surface area (Å²) in [7, 11) is 1.92. The number of benzene rings is 1. The maximum Gasteiger partial charge on any atom is 0.119 e. The van der Waals surface area contributed by atoms with E-state index in [-0.39, 0.29) is 0 Å². The molecule has 1 heterocycles. The maximum absolute atomic E-state index is 10.1. The Hall–Kier alpha value is -1.81. The van der Waals surface area contributed by atoms with Crippen LogP contribution in [0.15, 0.2) is 36.4 Å². The highest BCUT2D eigenvalue weighted by atomic mass is 16.5. The number of rotatable bonds is 7. The molecule has 1 aromatic carbocycles. The first-order valence-corrected chi connectivity index (χ1v) is 7.06. The summed E-state index contributed by atoms with van der Waals surface area (Å²) in [5.41, 5.74) is 2.13. The first kappa shape index (κ1) is 14.6. The van der Waals surface area contributed by atoms with Crippen LogP contribution in [0.25, 0.3) is 0 Å². The lowest BCUT2D eigenvalue weighted by Gasteiger charge is -2.11. The average Bonchev–Trinajstić information content (AvgIpc) is 2.80. The van der Waals surface area contributed by atoms with Gasteiger partial charge in [-0.05, 0) is 24.6 Å². The number of ether oxygens (including phenoxy) is 1. The molecular weight excluding hydrogens is 252 g/mol. The number of para-hydroxylation sites is 1. The van der Waals surface area contributed by atoms with E-state index in [0.29, 0.717) is 19.4 Å². The van der Waals surface area contributed by atoms with E-state index in [4.69, 9.17) is 4.74 Å². The Bertz CT molecular complexity index is 523. The van der Waals surface area contributed by atoms with Gasteiger partial charge in [0, 0.05) is 25.6 Å². The highest BCUT2D eigenvalue weighted by Gasteiger charge is 2.10. The lowest BCUT2D eigenvalue weighted by molar-refractivity contribution is 0.137. The van der Waals surface area contributed by atoms with E-state index in [0.717, 1.165) is 23.6 Å². The number of hydrogen-bond acceptors (Lipinski definition) is 3. The lowest BCUT2D eigenvalue weighted by Crippen LogP contribution is -2.16. The summed E-state index contributed by atoms with van der Waals surface area (Å²) < 4.78 is 7.44. The predicted octanol–water partition coefficient (Wildman–Crippen LogP) is 2.36. The van der Waals surface area contributed by atoms with Crippen molar-refractivity contribution in [2.45, 2.75) is 32.3 Å². The minimum Gasteiger partial charge on any atom is -0.493 e. The second kappa shape index (κ2) is 7.10. The van der Waals surface area contributed by atoms with Crippen molar-refractivity contribution in [1.82, 2.24) is 9.78 Å². The first-order chi connectivity index (χ1) is 9.69. The fourth-order valence-corrected chi connectivity index (χ4v) is 2.11. The maximum atomic E-state index is 10.1. The van der Waals surface area contributed by atoms with Crippen LogP contribution in [0, 0.1) is 0 Å². The van der Waals surface area contributed by atoms with Crippen molar-refractivity contribution in [3.8, 4) is 5.75 Å². The van der Waals surface area contributed by atoms with Gasteiger partial charge >= 0.3 is 0 Å². The zero-order valence-electron chi connectivity index (χ0n) is 12.1. The Morgan fingerprint density at radius 2 is 2.05 bits per heavy atom. The predicted molar refractivity (Wildman–Crippen MR) is 78.9 cm³/mol. The topological polar surface area (TPSA) is 47.3 Å². The molecule has 20 heavy (non-hydrogen) atoms. The monoisotopic (exact) mass is 274 g/mol. The van der Waals surface area contributed by atoms with Crippen LogP contribution >= 0.6 is 0 Å². The molecule has 4 heteroatoms. The van der Waals surface area contributed by atoms with Gasteiger partial charge in [0.05, 0.1) is 18.4 Å². The summed E-state index contributed by atoms with van der Waals surface area (Å²) in [5.74, 6) is 0.841. The molecule has 0 radical (unpaired) electrons. The normalized spacial score (nSPS) is 12.3. The molecule has 1 atom stereocenters. The van der Waals surface area contributed by atoms with E-state index in [1.807, 2.05) is 42.1 Å². The molecule has 0 spiro atoms. The molecule has 0 fully saturated rings. The minimum atomic E-state index is -0.404. The highest BCUT2D eigenvalue weighted by molar-refractivity contribution is 5.20. The molecule has 1 N–H and O–H groups in total. The van der Waals surface area contributed by atoms with Crippen molar-refractivity contribution >= 4 is 0 Å². The second-order valence-corrected chi connectivity index (χ2v) is 4.91. The van der Waals surface area contributed by atoms with Gasteiger partial charge in [-0.3, -0.25) is 4.68 Å². The molecule has 1 unspecified atom stereocenters. The van der Waals surface area contributed by atoms with Crippen LogP contribution in [0.1, 0.15) is 24.7 Å². The zero-order chi connectivity index (χ0) is 14.4. The number of aliphatic hydroxyl groups is 1. The summed E-state index contributed by atoms with van der Waals surface area (Å²) in [6, 6.07) is 11.7. The molecule has 0 saturated heterocycles. The van der Waals surface area contributed by atoms with Crippen molar-refractivity contribution in [3.05, 3.63) is 47.8 Å². The first-order valence-electron chi connectivity index (χ1n) is 7.06. The number of hydrogen-bond donors (Lipinski definition) is 1. The van der Waals surface area contributed by atoms with Crippen LogP contribution in [0.4, 0.5) is 0 Å². The summed E-state index contributed by atoms with van der Waals surface area (Å²) in [6.45, 7) is 2.60. The summed E-state index contributed by atoms with van der Waals surface area (Å²) >= 11 is 0. The van der Waals surface area contributed by atoms with Crippen LogP contribution < -0.4 is 4.74 Å². The van der Waals surface area contributed by atoms with Crippen LogP contribution in [0.3, 0.4) is 0 Å². The lowest BCUT2D eigenvalue weighted by atomic mass is 10.1. The minimum absolute atomic E-state index is 0.404. The third-order valence-corrected chi connectivity index (χ3v) is 3.30. The molecule has 0 aliphatic rings. The Labute approximate surface area is 120 Å². The van der Waals surface area contributed by atoms with Crippen molar-refractivity contribution in [2.24, 2.45) is 7.05 Å². The Morgan fingerprint density at radius 3 is 2.70 bits per heavy atom. The third-order valence-electron chi connectivity index (χ3n) is 3.30. The van der Waals surface area contributed by atoms with Gasteiger partial charge in [-0.2, -0.15) is 5.10 Å². The van der Waals surface area contributed by atoms with Gasteiger partial charge < -0.3 is 9.84 Å². The molecule has 0 aliphatic heterocycles. The van der Waals surface area contributed by atoms with Gasteiger partial charge in [0.25, 0.3) is 0 Å². The van der Waals surface area contributed by atoms with Gasteiger partial charge in [0.1, 0.15) is 5.75 Å².